The maximum absolute atomic E-state index is 15.4. The predicted molar refractivity (Wildman–Crippen MR) is 157 cm³/mol. The number of aromatic nitrogens is 2. The monoisotopic (exact) mass is 606 g/mol. The third kappa shape index (κ3) is 6.49. The summed E-state index contributed by atoms with van der Waals surface area (Å²) >= 11 is 6.09. The van der Waals surface area contributed by atoms with Crippen LogP contribution >= 0.6 is 11.6 Å². The van der Waals surface area contributed by atoms with Crippen molar-refractivity contribution in [3.05, 3.63) is 82.3 Å². The third-order valence-corrected chi connectivity index (χ3v) is 8.45. The number of hydrogen-bond donors (Lipinski definition) is 0. The van der Waals surface area contributed by atoms with Gasteiger partial charge in [-0.15, -0.1) is 10.2 Å². The van der Waals surface area contributed by atoms with E-state index in [1.807, 2.05) is 23.1 Å². The lowest BCUT2D eigenvalue weighted by molar-refractivity contribution is -0.136. The minimum absolute atomic E-state index is 0.126. The molecular formula is C31H32ClFN6O4. The number of nitriles is 1. The topological polar surface area (TPSA) is 112 Å². The highest BCUT2D eigenvalue weighted by Crippen LogP contribution is 2.38. The van der Waals surface area contributed by atoms with E-state index in [-0.39, 0.29) is 24.2 Å². The Morgan fingerprint density at radius 2 is 1.81 bits per heavy atom. The van der Waals surface area contributed by atoms with Crippen LogP contribution in [0.25, 0.3) is 0 Å². The highest BCUT2D eigenvalue weighted by Gasteiger charge is 2.42. The summed E-state index contributed by atoms with van der Waals surface area (Å²) in [7, 11) is 2.81. The second-order valence-electron chi connectivity index (χ2n) is 10.6. The quantitative estimate of drug-likeness (QED) is 0.407. The van der Waals surface area contributed by atoms with Crippen molar-refractivity contribution >= 4 is 29.4 Å². The van der Waals surface area contributed by atoms with Gasteiger partial charge < -0.3 is 19.3 Å². The second kappa shape index (κ2) is 13.3. The number of benzene rings is 2. The molecule has 0 N–H and O–H groups in total. The van der Waals surface area contributed by atoms with Crippen molar-refractivity contribution in [3.8, 4) is 11.8 Å². The van der Waals surface area contributed by atoms with Gasteiger partial charge in [0.05, 0.1) is 26.2 Å². The molecule has 0 saturated carbocycles. The standard InChI is InChI=1S/C31H32ClFN6O4/c1-42-23-10-11-24(27(33)16-23)25-18-38(29-12-9-22(17-34)35-36-29)19-26(25)30(40)37-13-3-4-28(20-5-7-21(32)8-6-20)39(15-14-37)31(41)43-2/h5-12,16,25-26,28H,3-4,13-15,18-19H2,1-2H3. The Hall–Kier alpha value is -4.43. The molecule has 224 valence electrons. The van der Waals surface area contributed by atoms with Crippen molar-refractivity contribution in [2.45, 2.75) is 24.8 Å². The van der Waals surface area contributed by atoms with E-state index in [0.29, 0.717) is 61.2 Å². The molecule has 12 heteroatoms. The van der Waals surface area contributed by atoms with E-state index in [1.165, 1.54) is 20.3 Å². The summed E-state index contributed by atoms with van der Waals surface area (Å²) in [5.41, 5.74) is 1.54. The van der Waals surface area contributed by atoms with Crippen LogP contribution in [0.5, 0.6) is 5.75 Å². The first-order valence-electron chi connectivity index (χ1n) is 14.0. The van der Waals surface area contributed by atoms with Gasteiger partial charge in [0, 0.05) is 49.7 Å². The fourth-order valence-corrected chi connectivity index (χ4v) is 6.12. The number of ether oxygens (including phenoxy) is 2. The summed E-state index contributed by atoms with van der Waals surface area (Å²) in [6, 6.07) is 17.0. The summed E-state index contributed by atoms with van der Waals surface area (Å²) in [5.74, 6) is -0.745. The van der Waals surface area contributed by atoms with Crippen LogP contribution in [0.4, 0.5) is 15.0 Å². The van der Waals surface area contributed by atoms with Crippen molar-refractivity contribution in [1.82, 2.24) is 20.0 Å². The molecule has 5 rings (SSSR count). The first kappa shape index (κ1) is 30.0. The van der Waals surface area contributed by atoms with Gasteiger partial charge in [-0.25, -0.2) is 9.18 Å². The summed E-state index contributed by atoms with van der Waals surface area (Å²) < 4.78 is 25.7. The molecule has 10 nitrogen and oxygen atoms in total. The van der Waals surface area contributed by atoms with Crippen LogP contribution in [0.15, 0.2) is 54.6 Å². The molecule has 3 heterocycles. The molecule has 2 aliphatic rings. The molecule has 2 aliphatic heterocycles. The van der Waals surface area contributed by atoms with E-state index in [1.54, 1.807) is 46.2 Å². The first-order chi connectivity index (χ1) is 20.8. The highest BCUT2D eigenvalue weighted by atomic mass is 35.5. The fourth-order valence-electron chi connectivity index (χ4n) is 5.99. The van der Waals surface area contributed by atoms with Gasteiger partial charge in [-0.3, -0.25) is 9.69 Å². The zero-order chi connectivity index (χ0) is 30.5. The molecule has 3 unspecified atom stereocenters. The molecular weight excluding hydrogens is 575 g/mol. The van der Waals surface area contributed by atoms with Gasteiger partial charge in [-0.2, -0.15) is 5.26 Å². The SMILES string of the molecule is COC(=O)N1CCN(C(=O)C2CN(c3ccc(C#N)nn3)CC2c2ccc(OC)cc2F)CCCC1c1ccc(Cl)cc1. The summed E-state index contributed by atoms with van der Waals surface area (Å²) in [6.45, 7) is 1.68. The van der Waals surface area contributed by atoms with Crippen LogP contribution in [0.2, 0.25) is 5.02 Å². The van der Waals surface area contributed by atoms with Crippen LogP contribution < -0.4 is 9.64 Å². The molecule has 2 aromatic carbocycles. The summed E-state index contributed by atoms with van der Waals surface area (Å²) in [5, 5.41) is 17.8. The molecule has 0 radical (unpaired) electrons. The van der Waals surface area contributed by atoms with Crippen molar-refractivity contribution < 1.29 is 23.5 Å². The minimum atomic E-state index is -0.585. The zero-order valence-electron chi connectivity index (χ0n) is 24.0. The van der Waals surface area contributed by atoms with Gasteiger partial charge in [0.2, 0.25) is 5.91 Å². The lowest BCUT2D eigenvalue weighted by Crippen LogP contribution is -2.47. The number of halogens is 2. The number of methoxy groups -OCH3 is 2. The van der Waals surface area contributed by atoms with Crippen molar-refractivity contribution in [2.24, 2.45) is 5.92 Å². The van der Waals surface area contributed by atoms with Crippen LogP contribution in [0.1, 0.15) is 41.6 Å². The van der Waals surface area contributed by atoms with E-state index in [0.717, 1.165) is 5.56 Å². The Kier molecular flexibility index (Phi) is 9.26. The Labute approximate surface area is 254 Å². The Bertz CT molecular complexity index is 1500. The van der Waals surface area contributed by atoms with Gasteiger partial charge in [-0.1, -0.05) is 29.8 Å². The number of anilines is 1. The molecule has 2 amide bonds. The Balaban J connectivity index is 1.40. The van der Waals surface area contributed by atoms with Crippen molar-refractivity contribution in [2.75, 3.05) is 51.8 Å². The molecule has 1 aromatic heterocycles. The van der Waals surface area contributed by atoms with E-state index in [4.69, 9.17) is 26.3 Å². The Morgan fingerprint density at radius 3 is 2.47 bits per heavy atom. The summed E-state index contributed by atoms with van der Waals surface area (Å²) in [4.78, 5) is 32.4. The number of amides is 2. The second-order valence-corrected chi connectivity index (χ2v) is 11.0. The normalized spacial score (nSPS) is 20.6. The van der Waals surface area contributed by atoms with Gasteiger partial charge in [0.1, 0.15) is 17.6 Å². The van der Waals surface area contributed by atoms with E-state index in [2.05, 4.69) is 10.2 Å². The molecule has 2 fully saturated rings. The molecule has 3 atom stereocenters. The number of hydrogen-bond acceptors (Lipinski definition) is 8. The largest absolute Gasteiger partial charge is 0.497 e. The average Bonchev–Trinajstić information content (AvgIpc) is 3.46. The lowest BCUT2D eigenvalue weighted by Gasteiger charge is -2.37. The highest BCUT2D eigenvalue weighted by molar-refractivity contribution is 6.30. The van der Waals surface area contributed by atoms with Crippen LogP contribution in [-0.4, -0.2) is 78.9 Å². The molecule has 0 bridgehead atoms. The molecule has 43 heavy (non-hydrogen) atoms. The zero-order valence-corrected chi connectivity index (χ0v) is 24.7. The first-order valence-corrected chi connectivity index (χ1v) is 14.4. The number of carbonyl (C=O) groups is 2. The van der Waals surface area contributed by atoms with Gasteiger partial charge in [0.25, 0.3) is 0 Å². The molecule has 3 aromatic rings. The predicted octanol–water partition coefficient (Wildman–Crippen LogP) is 4.80. The third-order valence-electron chi connectivity index (χ3n) is 8.20. The van der Waals surface area contributed by atoms with Crippen molar-refractivity contribution in [3.63, 3.8) is 0 Å². The van der Waals surface area contributed by atoms with Crippen LogP contribution in [0, 0.1) is 23.1 Å². The average molecular weight is 607 g/mol. The van der Waals surface area contributed by atoms with Crippen LogP contribution in [0.3, 0.4) is 0 Å². The van der Waals surface area contributed by atoms with E-state index < -0.39 is 23.7 Å². The minimum Gasteiger partial charge on any atom is -0.497 e. The summed E-state index contributed by atoms with van der Waals surface area (Å²) in [6.07, 6.45) is 0.791. The maximum Gasteiger partial charge on any atom is 0.410 e. The Morgan fingerprint density at radius 1 is 1.02 bits per heavy atom. The maximum atomic E-state index is 15.4. The number of carbonyl (C=O) groups excluding carboxylic acids is 2. The van der Waals surface area contributed by atoms with E-state index >= 15 is 4.39 Å². The lowest BCUT2D eigenvalue weighted by atomic mass is 9.87. The fraction of sp³-hybridized carbons (Fsp3) is 0.387. The smallest absolute Gasteiger partial charge is 0.410 e. The van der Waals surface area contributed by atoms with Crippen molar-refractivity contribution in [1.29, 1.82) is 5.26 Å². The molecule has 2 saturated heterocycles. The van der Waals surface area contributed by atoms with E-state index in [9.17, 15) is 9.59 Å². The van der Waals surface area contributed by atoms with Gasteiger partial charge in [-0.05, 0) is 54.3 Å². The van der Waals surface area contributed by atoms with Crippen LogP contribution in [-0.2, 0) is 9.53 Å². The molecule has 0 spiro atoms. The van der Waals surface area contributed by atoms with Gasteiger partial charge in [0.15, 0.2) is 11.5 Å². The number of rotatable bonds is 5. The van der Waals surface area contributed by atoms with Gasteiger partial charge >= 0.3 is 6.09 Å². The molecule has 0 aliphatic carbocycles. The number of nitrogens with zero attached hydrogens (tertiary/aromatic N) is 6.